The predicted molar refractivity (Wildman–Crippen MR) is 74.6 cm³/mol. The molecule has 110 valence electrons. The number of carbonyl (C=O) groups excluding carboxylic acids is 1. The zero-order chi connectivity index (χ0) is 15.5. The number of halogens is 3. The smallest absolute Gasteiger partial charge is 0.417 e. The molecule has 2 aromatic rings. The maximum Gasteiger partial charge on any atom is 0.417 e. The highest BCUT2D eigenvalue weighted by Crippen LogP contribution is 2.35. The van der Waals surface area contributed by atoms with Crippen LogP contribution in [0, 0.1) is 0 Å². The van der Waals surface area contributed by atoms with Crippen molar-refractivity contribution in [2.75, 3.05) is 6.61 Å². The predicted octanol–water partition coefficient (Wildman–Crippen LogP) is 4.35. The van der Waals surface area contributed by atoms with Gasteiger partial charge >= 0.3 is 12.1 Å². The second-order valence-electron chi connectivity index (χ2n) is 4.37. The van der Waals surface area contributed by atoms with Gasteiger partial charge in [-0.15, -0.1) is 0 Å². The Morgan fingerprint density at radius 1 is 1.14 bits per heavy atom. The fraction of sp³-hybridized carbons (Fsp3) is 0.188. The van der Waals surface area contributed by atoms with Gasteiger partial charge in [-0.2, -0.15) is 13.2 Å². The molecule has 0 spiro atoms. The first-order valence-corrected chi connectivity index (χ1v) is 6.36. The summed E-state index contributed by atoms with van der Waals surface area (Å²) in [6, 6.07) is 11.4. The van der Waals surface area contributed by atoms with E-state index in [1.54, 1.807) is 30.3 Å². The van der Waals surface area contributed by atoms with Crippen molar-refractivity contribution < 1.29 is 22.7 Å². The van der Waals surface area contributed by atoms with Crippen molar-refractivity contribution >= 4 is 22.3 Å². The van der Waals surface area contributed by atoms with Crippen molar-refractivity contribution in [3.63, 3.8) is 0 Å². The highest BCUT2D eigenvalue weighted by molar-refractivity contribution is 5.94. The van der Waals surface area contributed by atoms with Crippen molar-refractivity contribution in [1.82, 2.24) is 0 Å². The van der Waals surface area contributed by atoms with Crippen molar-refractivity contribution in [1.29, 1.82) is 0 Å². The monoisotopic (exact) mass is 294 g/mol. The van der Waals surface area contributed by atoms with Crippen molar-refractivity contribution in [3.05, 3.63) is 54.1 Å². The molecule has 0 amide bonds. The van der Waals surface area contributed by atoms with Gasteiger partial charge in [0.2, 0.25) is 0 Å². The lowest BCUT2D eigenvalue weighted by atomic mass is 10.0. The summed E-state index contributed by atoms with van der Waals surface area (Å²) in [7, 11) is 0. The van der Waals surface area contributed by atoms with Gasteiger partial charge in [-0.05, 0) is 29.3 Å². The molecule has 2 nitrogen and oxygen atoms in total. The van der Waals surface area contributed by atoms with Gasteiger partial charge in [0.05, 0.1) is 12.2 Å². The van der Waals surface area contributed by atoms with Gasteiger partial charge in [-0.3, -0.25) is 0 Å². The Hall–Kier alpha value is -2.30. The third-order valence-corrected chi connectivity index (χ3v) is 2.91. The molecule has 5 heteroatoms. The van der Waals surface area contributed by atoms with Crippen LogP contribution in [0.1, 0.15) is 12.5 Å². The fourth-order valence-electron chi connectivity index (χ4n) is 1.99. The minimum Gasteiger partial charge on any atom is -0.463 e. The van der Waals surface area contributed by atoms with Gasteiger partial charge in [0.25, 0.3) is 0 Å². The van der Waals surface area contributed by atoms with Crippen molar-refractivity contribution in [2.45, 2.75) is 13.1 Å². The summed E-state index contributed by atoms with van der Waals surface area (Å²) in [5, 5.41) is 1.51. The summed E-state index contributed by atoms with van der Waals surface area (Å²) in [5.74, 6) is -1.00. The summed E-state index contributed by atoms with van der Waals surface area (Å²) in [4.78, 5) is 11.3. The SMILES string of the molecule is CCOC(=O)/C=C(/c1ccc2ccccc2c1)C(F)(F)F. The Balaban J connectivity index is 2.51. The van der Waals surface area contributed by atoms with Gasteiger partial charge in [0.15, 0.2) is 0 Å². The van der Waals surface area contributed by atoms with Crippen LogP contribution in [-0.4, -0.2) is 18.8 Å². The lowest BCUT2D eigenvalue weighted by Gasteiger charge is -2.12. The topological polar surface area (TPSA) is 26.3 Å². The number of alkyl halides is 3. The molecule has 2 aromatic carbocycles. The van der Waals surface area contributed by atoms with Gasteiger partial charge in [-0.1, -0.05) is 36.4 Å². The Kier molecular flexibility index (Phi) is 4.31. The number of esters is 1. The van der Waals surface area contributed by atoms with Crippen molar-refractivity contribution in [2.24, 2.45) is 0 Å². The Morgan fingerprint density at radius 2 is 1.81 bits per heavy atom. The Morgan fingerprint density at radius 3 is 2.43 bits per heavy atom. The fourth-order valence-corrected chi connectivity index (χ4v) is 1.99. The van der Waals surface area contributed by atoms with E-state index < -0.39 is 17.7 Å². The number of benzene rings is 2. The molecule has 2 rings (SSSR count). The summed E-state index contributed by atoms with van der Waals surface area (Å²) in [5.41, 5.74) is -1.07. The molecule has 0 heterocycles. The average Bonchev–Trinajstić information content (AvgIpc) is 2.43. The van der Waals surface area contributed by atoms with Gasteiger partial charge < -0.3 is 4.74 Å². The molecule has 21 heavy (non-hydrogen) atoms. The standard InChI is InChI=1S/C16H13F3O2/c1-2-21-15(20)10-14(16(17,18)19)13-8-7-11-5-3-4-6-12(11)9-13/h3-10H,2H2,1H3/b14-10-. The first-order chi connectivity index (χ1) is 9.91. The first kappa shape index (κ1) is 15.1. The zero-order valence-corrected chi connectivity index (χ0v) is 11.3. The molecule has 0 radical (unpaired) electrons. The Bertz CT molecular complexity index is 687. The van der Waals surface area contributed by atoms with Crippen LogP contribution >= 0.6 is 0 Å². The molecule has 0 aliphatic rings. The lowest BCUT2D eigenvalue weighted by Crippen LogP contribution is -2.13. The maximum absolute atomic E-state index is 13.1. The molecule has 0 aromatic heterocycles. The summed E-state index contributed by atoms with van der Waals surface area (Å²) >= 11 is 0. The maximum atomic E-state index is 13.1. The van der Waals surface area contributed by atoms with E-state index >= 15 is 0 Å². The van der Waals surface area contributed by atoms with E-state index in [9.17, 15) is 18.0 Å². The van der Waals surface area contributed by atoms with Crippen LogP contribution in [0.5, 0.6) is 0 Å². The highest BCUT2D eigenvalue weighted by atomic mass is 19.4. The summed E-state index contributed by atoms with van der Waals surface area (Å²) in [6.45, 7) is 1.56. The van der Waals surface area contributed by atoms with Crippen LogP contribution in [0.15, 0.2) is 48.5 Å². The second kappa shape index (κ2) is 5.99. The highest BCUT2D eigenvalue weighted by Gasteiger charge is 2.35. The van der Waals surface area contributed by atoms with Gasteiger partial charge in [0.1, 0.15) is 0 Å². The quantitative estimate of drug-likeness (QED) is 0.621. The minimum absolute atomic E-state index is 0.0260. The van der Waals surface area contributed by atoms with E-state index in [0.29, 0.717) is 11.5 Å². The van der Waals surface area contributed by atoms with Crippen LogP contribution in [-0.2, 0) is 9.53 Å². The molecular weight excluding hydrogens is 281 g/mol. The zero-order valence-electron chi connectivity index (χ0n) is 11.3. The number of carbonyl (C=O) groups is 1. The van der Waals surface area contributed by atoms with Crippen LogP contribution < -0.4 is 0 Å². The number of allylic oxidation sites excluding steroid dienone is 1. The molecular formula is C16H13F3O2. The molecule has 0 saturated heterocycles. The minimum atomic E-state index is -4.63. The van der Waals surface area contributed by atoms with E-state index in [4.69, 9.17) is 0 Å². The third kappa shape index (κ3) is 3.62. The molecule has 0 atom stereocenters. The largest absolute Gasteiger partial charge is 0.463 e. The molecule has 0 fully saturated rings. The van der Waals surface area contributed by atoms with E-state index in [2.05, 4.69) is 4.74 Å². The normalized spacial score (nSPS) is 12.5. The van der Waals surface area contributed by atoms with Gasteiger partial charge in [-0.25, -0.2) is 4.79 Å². The molecule has 0 aliphatic carbocycles. The van der Waals surface area contributed by atoms with Crippen LogP contribution in [0.3, 0.4) is 0 Å². The van der Waals surface area contributed by atoms with Crippen LogP contribution in [0.25, 0.3) is 16.3 Å². The summed E-state index contributed by atoms with van der Waals surface area (Å²) in [6.07, 6.45) is -4.14. The number of fused-ring (bicyclic) bond motifs is 1. The van der Waals surface area contributed by atoms with E-state index in [-0.39, 0.29) is 12.2 Å². The average molecular weight is 294 g/mol. The molecule has 0 unspecified atom stereocenters. The number of hydrogen-bond acceptors (Lipinski definition) is 2. The first-order valence-electron chi connectivity index (χ1n) is 6.36. The molecule has 0 N–H and O–H groups in total. The van der Waals surface area contributed by atoms with E-state index in [1.807, 2.05) is 0 Å². The number of ether oxygens (including phenoxy) is 1. The number of hydrogen-bond donors (Lipinski definition) is 0. The molecule has 0 saturated carbocycles. The van der Waals surface area contributed by atoms with Gasteiger partial charge in [0, 0.05) is 6.08 Å². The van der Waals surface area contributed by atoms with E-state index in [1.165, 1.54) is 19.1 Å². The van der Waals surface area contributed by atoms with E-state index in [0.717, 1.165) is 5.39 Å². The molecule has 0 aliphatic heterocycles. The summed E-state index contributed by atoms with van der Waals surface area (Å²) < 4.78 is 44.0. The lowest BCUT2D eigenvalue weighted by molar-refractivity contribution is -0.137. The van der Waals surface area contributed by atoms with Crippen LogP contribution in [0.4, 0.5) is 13.2 Å². The molecule has 0 bridgehead atoms. The van der Waals surface area contributed by atoms with Crippen molar-refractivity contribution in [3.8, 4) is 0 Å². The second-order valence-corrected chi connectivity index (χ2v) is 4.37. The van der Waals surface area contributed by atoms with Crippen LogP contribution in [0.2, 0.25) is 0 Å². The Labute approximate surface area is 119 Å². The third-order valence-electron chi connectivity index (χ3n) is 2.91. The number of rotatable bonds is 3.